The number of furan rings is 1. The van der Waals surface area contributed by atoms with Crippen molar-refractivity contribution < 1.29 is 9.21 Å². The zero-order chi connectivity index (χ0) is 14.2. The van der Waals surface area contributed by atoms with E-state index < -0.39 is 0 Å². The Labute approximate surface area is 118 Å². The van der Waals surface area contributed by atoms with Gasteiger partial charge in [0.1, 0.15) is 0 Å². The zero-order valence-electron chi connectivity index (χ0n) is 11.2. The van der Waals surface area contributed by atoms with E-state index in [2.05, 4.69) is 6.07 Å². The van der Waals surface area contributed by atoms with Crippen molar-refractivity contribution in [1.82, 2.24) is 4.90 Å². The summed E-state index contributed by atoms with van der Waals surface area (Å²) in [5.74, 6) is 0.150. The van der Waals surface area contributed by atoms with Gasteiger partial charge in [0.25, 0.3) is 5.91 Å². The Morgan fingerprint density at radius 2 is 1.95 bits per heavy atom. The van der Waals surface area contributed by atoms with Crippen molar-refractivity contribution in [3.05, 3.63) is 60.1 Å². The molecule has 0 aliphatic rings. The van der Waals surface area contributed by atoms with Crippen LogP contribution in [0.2, 0.25) is 0 Å². The van der Waals surface area contributed by atoms with Gasteiger partial charge in [0.15, 0.2) is 5.76 Å². The summed E-state index contributed by atoms with van der Waals surface area (Å²) in [5.41, 5.74) is 1.17. The predicted molar refractivity (Wildman–Crippen MR) is 75.0 cm³/mol. The maximum atomic E-state index is 12.3. The van der Waals surface area contributed by atoms with E-state index in [1.54, 1.807) is 17.0 Å². The quantitative estimate of drug-likeness (QED) is 0.809. The van der Waals surface area contributed by atoms with E-state index in [1.807, 2.05) is 30.3 Å². The van der Waals surface area contributed by atoms with Gasteiger partial charge in [0, 0.05) is 13.1 Å². The summed E-state index contributed by atoms with van der Waals surface area (Å²) in [6.07, 6.45) is 2.56. The molecule has 0 N–H and O–H groups in total. The molecule has 1 aromatic carbocycles. The molecule has 0 fully saturated rings. The van der Waals surface area contributed by atoms with Crippen molar-refractivity contribution in [1.29, 1.82) is 5.26 Å². The molecule has 0 saturated carbocycles. The largest absolute Gasteiger partial charge is 0.459 e. The highest BCUT2D eigenvalue weighted by Crippen LogP contribution is 2.08. The number of carbonyl (C=O) groups is 1. The van der Waals surface area contributed by atoms with E-state index in [9.17, 15) is 4.79 Å². The molecule has 0 saturated heterocycles. The highest BCUT2D eigenvalue weighted by Gasteiger charge is 2.17. The number of rotatable bonds is 6. The Bertz CT molecular complexity index is 570. The van der Waals surface area contributed by atoms with Crippen molar-refractivity contribution in [3.63, 3.8) is 0 Å². The molecule has 1 aromatic heterocycles. The van der Waals surface area contributed by atoms with Crippen molar-refractivity contribution >= 4 is 5.91 Å². The summed E-state index contributed by atoms with van der Waals surface area (Å²) < 4.78 is 5.13. The standard InChI is InChI=1S/C16H16N2O2/c17-10-5-11-18(16(19)15-8-4-13-20-15)12-9-14-6-2-1-3-7-14/h1-4,6-8,13H,5,9,11-12H2. The normalized spacial score (nSPS) is 9.95. The number of nitrogens with zero attached hydrogens (tertiary/aromatic N) is 2. The van der Waals surface area contributed by atoms with Crippen LogP contribution in [0.4, 0.5) is 0 Å². The van der Waals surface area contributed by atoms with Crippen LogP contribution in [0.25, 0.3) is 0 Å². The van der Waals surface area contributed by atoms with Crippen LogP contribution in [-0.4, -0.2) is 23.9 Å². The first-order valence-electron chi connectivity index (χ1n) is 6.55. The van der Waals surface area contributed by atoms with Crippen LogP contribution in [0.1, 0.15) is 22.5 Å². The van der Waals surface area contributed by atoms with Crippen LogP contribution in [0, 0.1) is 11.3 Å². The second-order valence-corrected chi connectivity index (χ2v) is 4.41. The van der Waals surface area contributed by atoms with Crippen LogP contribution in [-0.2, 0) is 6.42 Å². The van der Waals surface area contributed by atoms with Crippen molar-refractivity contribution in [2.24, 2.45) is 0 Å². The third kappa shape index (κ3) is 3.72. The van der Waals surface area contributed by atoms with E-state index in [0.29, 0.717) is 25.3 Å². The Hall–Kier alpha value is -2.54. The smallest absolute Gasteiger partial charge is 0.289 e. The van der Waals surface area contributed by atoms with Gasteiger partial charge in [-0.05, 0) is 24.1 Å². The van der Waals surface area contributed by atoms with Gasteiger partial charge >= 0.3 is 0 Å². The molecule has 2 rings (SSSR count). The van der Waals surface area contributed by atoms with E-state index in [0.717, 1.165) is 6.42 Å². The monoisotopic (exact) mass is 268 g/mol. The molecule has 102 valence electrons. The van der Waals surface area contributed by atoms with Gasteiger partial charge in [-0.2, -0.15) is 5.26 Å². The predicted octanol–water partition coefficient (Wildman–Crippen LogP) is 2.88. The molecule has 4 nitrogen and oxygen atoms in total. The summed E-state index contributed by atoms with van der Waals surface area (Å²) in [5, 5.41) is 8.70. The van der Waals surface area contributed by atoms with Crippen LogP contribution in [0.5, 0.6) is 0 Å². The lowest BCUT2D eigenvalue weighted by Gasteiger charge is -2.20. The molecule has 0 radical (unpaired) electrons. The van der Waals surface area contributed by atoms with E-state index in [-0.39, 0.29) is 5.91 Å². The summed E-state index contributed by atoms with van der Waals surface area (Å²) >= 11 is 0. The number of benzene rings is 1. The third-order valence-corrected chi connectivity index (χ3v) is 3.03. The maximum Gasteiger partial charge on any atom is 0.289 e. The maximum absolute atomic E-state index is 12.3. The lowest BCUT2D eigenvalue weighted by atomic mass is 10.1. The number of hydrogen-bond acceptors (Lipinski definition) is 3. The van der Waals surface area contributed by atoms with Crippen LogP contribution in [0.15, 0.2) is 53.1 Å². The number of amides is 1. The fraction of sp³-hybridized carbons (Fsp3) is 0.250. The Kier molecular flexibility index (Phi) is 4.96. The average molecular weight is 268 g/mol. The molecule has 0 spiro atoms. The summed E-state index contributed by atoms with van der Waals surface area (Å²) in [7, 11) is 0. The summed E-state index contributed by atoms with van der Waals surface area (Å²) in [6, 6.07) is 15.4. The zero-order valence-corrected chi connectivity index (χ0v) is 11.2. The minimum Gasteiger partial charge on any atom is -0.459 e. The van der Waals surface area contributed by atoms with Crippen molar-refractivity contribution in [3.8, 4) is 6.07 Å². The van der Waals surface area contributed by atoms with E-state index in [4.69, 9.17) is 9.68 Å². The van der Waals surface area contributed by atoms with Gasteiger partial charge in [-0.15, -0.1) is 0 Å². The molecule has 0 atom stereocenters. The van der Waals surface area contributed by atoms with Crippen LogP contribution >= 0.6 is 0 Å². The molecule has 2 aromatic rings. The van der Waals surface area contributed by atoms with Gasteiger partial charge in [0.05, 0.1) is 18.8 Å². The Morgan fingerprint density at radius 1 is 1.15 bits per heavy atom. The summed E-state index contributed by atoms with van der Waals surface area (Å²) in [6.45, 7) is 0.994. The second-order valence-electron chi connectivity index (χ2n) is 4.41. The first-order valence-corrected chi connectivity index (χ1v) is 6.55. The Balaban J connectivity index is 2.00. The van der Waals surface area contributed by atoms with Gasteiger partial charge < -0.3 is 9.32 Å². The second kappa shape index (κ2) is 7.15. The fourth-order valence-electron chi connectivity index (χ4n) is 1.96. The van der Waals surface area contributed by atoms with E-state index >= 15 is 0 Å². The highest BCUT2D eigenvalue weighted by atomic mass is 16.3. The van der Waals surface area contributed by atoms with Gasteiger partial charge in [-0.25, -0.2) is 0 Å². The topological polar surface area (TPSA) is 57.2 Å². The lowest BCUT2D eigenvalue weighted by molar-refractivity contribution is 0.0729. The number of nitriles is 1. The first kappa shape index (κ1) is 13.9. The molecule has 0 bridgehead atoms. The highest BCUT2D eigenvalue weighted by molar-refractivity contribution is 5.91. The summed E-state index contributed by atoms with van der Waals surface area (Å²) in [4.78, 5) is 13.9. The van der Waals surface area contributed by atoms with Crippen LogP contribution < -0.4 is 0 Å². The van der Waals surface area contributed by atoms with Crippen molar-refractivity contribution in [2.75, 3.05) is 13.1 Å². The number of carbonyl (C=O) groups excluding carboxylic acids is 1. The first-order chi connectivity index (χ1) is 9.81. The molecule has 4 heteroatoms. The molecule has 0 unspecified atom stereocenters. The third-order valence-electron chi connectivity index (χ3n) is 3.03. The molecule has 1 heterocycles. The van der Waals surface area contributed by atoms with Crippen molar-refractivity contribution in [2.45, 2.75) is 12.8 Å². The Morgan fingerprint density at radius 3 is 2.60 bits per heavy atom. The molecule has 20 heavy (non-hydrogen) atoms. The van der Waals surface area contributed by atoms with E-state index in [1.165, 1.54) is 11.8 Å². The molecular formula is C16H16N2O2. The lowest BCUT2D eigenvalue weighted by Crippen LogP contribution is -2.33. The SMILES string of the molecule is N#CCCN(CCc1ccccc1)C(=O)c1ccco1. The molecule has 0 aliphatic carbocycles. The van der Waals surface area contributed by atoms with Gasteiger partial charge in [0.2, 0.25) is 0 Å². The minimum absolute atomic E-state index is 0.166. The number of hydrogen-bond donors (Lipinski definition) is 0. The molecule has 0 aliphatic heterocycles. The van der Waals surface area contributed by atoms with Crippen LogP contribution in [0.3, 0.4) is 0 Å². The minimum atomic E-state index is -0.166. The average Bonchev–Trinajstić information content (AvgIpc) is 3.02. The van der Waals surface area contributed by atoms with Gasteiger partial charge in [-0.3, -0.25) is 4.79 Å². The van der Waals surface area contributed by atoms with Gasteiger partial charge in [-0.1, -0.05) is 30.3 Å². The fourth-order valence-corrected chi connectivity index (χ4v) is 1.96. The molecule has 1 amide bonds. The molecular weight excluding hydrogens is 252 g/mol.